The van der Waals surface area contributed by atoms with E-state index in [1.54, 1.807) is 12.4 Å². The molecule has 0 saturated heterocycles. The van der Waals surface area contributed by atoms with Crippen molar-refractivity contribution in [1.82, 2.24) is 15.0 Å². The zero-order valence-corrected chi connectivity index (χ0v) is 9.57. The van der Waals surface area contributed by atoms with E-state index in [1.807, 2.05) is 32.0 Å². The van der Waals surface area contributed by atoms with E-state index >= 15 is 0 Å². The molecule has 0 saturated carbocycles. The Labute approximate surface area is 94.9 Å². The van der Waals surface area contributed by atoms with Crippen molar-refractivity contribution in [1.29, 1.82) is 0 Å². The first kappa shape index (κ1) is 10.8. The number of aromatic amines is 1. The lowest BCUT2D eigenvalue weighted by Gasteiger charge is -2.15. The summed E-state index contributed by atoms with van der Waals surface area (Å²) in [7, 11) is 0. The van der Waals surface area contributed by atoms with Gasteiger partial charge in [-0.05, 0) is 26.0 Å². The summed E-state index contributed by atoms with van der Waals surface area (Å²) in [5.74, 6) is 0.896. The van der Waals surface area contributed by atoms with Gasteiger partial charge in [0.25, 0.3) is 0 Å². The van der Waals surface area contributed by atoms with E-state index < -0.39 is 0 Å². The Morgan fingerprint density at radius 2 is 2.12 bits per heavy atom. The van der Waals surface area contributed by atoms with Gasteiger partial charge in [0.1, 0.15) is 5.82 Å². The number of rotatable bonds is 3. The number of imidazole rings is 1. The summed E-state index contributed by atoms with van der Waals surface area (Å²) < 4.78 is 0. The quantitative estimate of drug-likeness (QED) is 0.821. The van der Waals surface area contributed by atoms with Crippen LogP contribution in [0.4, 0.5) is 0 Å². The first-order valence-electron chi connectivity index (χ1n) is 5.29. The monoisotopic (exact) mass is 216 g/mol. The second-order valence-electron chi connectivity index (χ2n) is 4.62. The highest BCUT2D eigenvalue weighted by Gasteiger charge is 2.14. The minimum atomic E-state index is -0.251. The number of nitrogens with zero attached hydrogens (tertiary/aromatic N) is 2. The predicted molar refractivity (Wildman–Crippen MR) is 63.8 cm³/mol. The van der Waals surface area contributed by atoms with Gasteiger partial charge in [0.15, 0.2) is 0 Å². The fraction of sp³-hybridized carbons (Fsp3) is 0.333. The Morgan fingerprint density at radius 3 is 2.75 bits per heavy atom. The van der Waals surface area contributed by atoms with Crippen molar-refractivity contribution in [3.05, 3.63) is 36.4 Å². The lowest BCUT2D eigenvalue weighted by molar-refractivity contribution is 0.505. The topological polar surface area (TPSA) is 67.6 Å². The lowest BCUT2D eigenvalue weighted by atomic mass is 10.0. The van der Waals surface area contributed by atoms with Crippen LogP contribution in [0, 0.1) is 0 Å². The normalized spacial score (nSPS) is 11.7. The van der Waals surface area contributed by atoms with Crippen molar-refractivity contribution in [3.63, 3.8) is 0 Å². The molecule has 2 aromatic rings. The molecule has 0 radical (unpaired) electrons. The maximum atomic E-state index is 5.94. The van der Waals surface area contributed by atoms with Crippen LogP contribution in [0.15, 0.2) is 30.6 Å². The van der Waals surface area contributed by atoms with Crippen LogP contribution in [0.5, 0.6) is 0 Å². The van der Waals surface area contributed by atoms with Gasteiger partial charge in [-0.1, -0.05) is 6.07 Å². The van der Waals surface area contributed by atoms with Gasteiger partial charge in [0.2, 0.25) is 0 Å². The van der Waals surface area contributed by atoms with Gasteiger partial charge in [0.05, 0.1) is 17.6 Å². The van der Waals surface area contributed by atoms with Crippen LogP contribution in [-0.4, -0.2) is 20.5 Å². The third-order valence-corrected chi connectivity index (χ3v) is 2.19. The third kappa shape index (κ3) is 2.67. The summed E-state index contributed by atoms with van der Waals surface area (Å²) in [6.07, 6.45) is 4.28. The predicted octanol–water partition coefficient (Wildman–Crippen LogP) is 1.75. The van der Waals surface area contributed by atoms with Gasteiger partial charge in [0, 0.05) is 18.2 Å². The van der Waals surface area contributed by atoms with E-state index in [0.717, 1.165) is 23.6 Å². The van der Waals surface area contributed by atoms with Gasteiger partial charge in [-0.15, -0.1) is 0 Å². The standard InChI is InChI=1S/C12H16N4/c1-12(2,13)7-11-15-8-10(16-11)9-5-3-4-6-14-9/h3-6,8H,7,13H2,1-2H3,(H,15,16). The highest BCUT2D eigenvalue weighted by atomic mass is 14.9. The zero-order valence-electron chi connectivity index (χ0n) is 9.57. The van der Waals surface area contributed by atoms with Gasteiger partial charge in [-0.2, -0.15) is 0 Å². The van der Waals surface area contributed by atoms with Gasteiger partial charge in [-0.3, -0.25) is 4.98 Å². The summed E-state index contributed by atoms with van der Waals surface area (Å²) >= 11 is 0. The molecule has 2 aromatic heterocycles. The molecule has 84 valence electrons. The largest absolute Gasteiger partial charge is 0.341 e. The van der Waals surface area contributed by atoms with Crippen LogP contribution in [0.25, 0.3) is 11.4 Å². The average Bonchev–Trinajstić information content (AvgIpc) is 2.65. The molecular formula is C12H16N4. The number of aromatic nitrogens is 3. The van der Waals surface area contributed by atoms with E-state index in [0.29, 0.717) is 0 Å². The van der Waals surface area contributed by atoms with Crippen molar-refractivity contribution in [2.75, 3.05) is 0 Å². The number of pyridine rings is 1. The first-order valence-corrected chi connectivity index (χ1v) is 5.29. The molecule has 0 aromatic carbocycles. The number of nitrogens with two attached hydrogens (primary N) is 1. The van der Waals surface area contributed by atoms with Crippen LogP contribution >= 0.6 is 0 Å². The highest BCUT2D eigenvalue weighted by Crippen LogP contribution is 2.15. The van der Waals surface area contributed by atoms with Crippen LogP contribution in [0.2, 0.25) is 0 Å². The molecule has 0 amide bonds. The second-order valence-corrected chi connectivity index (χ2v) is 4.62. The van der Waals surface area contributed by atoms with Crippen LogP contribution < -0.4 is 5.73 Å². The SMILES string of the molecule is CC(C)(N)Cc1ncc(-c2ccccn2)[nH]1. The van der Waals surface area contributed by atoms with Crippen molar-refractivity contribution in [3.8, 4) is 11.4 Å². The third-order valence-electron chi connectivity index (χ3n) is 2.19. The van der Waals surface area contributed by atoms with Gasteiger partial charge in [-0.25, -0.2) is 4.98 Å². The number of hydrogen-bond acceptors (Lipinski definition) is 3. The second kappa shape index (κ2) is 4.06. The number of nitrogens with one attached hydrogen (secondary N) is 1. The molecule has 16 heavy (non-hydrogen) atoms. The van der Waals surface area contributed by atoms with Gasteiger partial charge >= 0.3 is 0 Å². The Hall–Kier alpha value is -1.68. The van der Waals surface area contributed by atoms with Crippen molar-refractivity contribution in [2.45, 2.75) is 25.8 Å². The van der Waals surface area contributed by atoms with E-state index in [1.165, 1.54) is 0 Å². The van der Waals surface area contributed by atoms with Crippen LogP contribution in [0.1, 0.15) is 19.7 Å². The summed E-state index contributed by atoms with van der Waals surface area (Å²) in [5.41, 5.74) is 7.52. The molecule has 2 rings (SSSR count). The maximum Gasteiger partial charge on any atom is 0.108 e. The Bertz CT molecular complexity index is 453. The van der Waals surface area contributed by atoms with Crippen molar-refractivity contribution in [2.24, 2.45) is 5.73 Å². The Kier molecular flexibility index (Phi) is 2.75. The van der Waals surface area contributed by atoms with E-state index in [4.69, 9.17) is 5.73 Å². The molecule has 4 nitrogen and oxygen atoms in total. The molecule has 0 fully saturated rings. The molecule has 0 aliphatic heterocycles. The maximum absolute atomic E-state index is 5.94. The molecule has 0 aliphatic rings. The van der Waals surface area contributed by atoms with E-state index in [9.17, 15) is 0 Å². The van der Waals surface area contributed by atoms with Gasteiger partial charge < -0.3 is 10.7 Å². The minimum Gasteiger partial charge on any atom is -0.341 e. The Balaban J connectivity index is 2.21. The van der Waals surface area contributed by atoms with Crippen molar-refractivity contribution >= 4 is 0 Å². The fourth-order valence-corrected chi connectivity index (χ4v) is 1.54. The number of H-pyrrole nitrogens is 1. The average molecular weight is 216 g/mol. The van der Waals surface area contributed by atoms with E-state index in [-0.39, 0.29) is 5.54 Å². The fourth-order valence-electron chi connectivity index (χ4n) is 1.54. The molecule has 3 N–H and O–H groups in total. The summed E-state index contributed by atoms with van der Waals surface area (Å²) in [6.45, 7) is 3.96. The van der Waals surface area contributed by atoms with E-state index in [2.05, 4.69) is 15.0 Å². The summed E-state index contributed by atoms with van der Waals surface area (Å²) in [4.78, 5) is 11.8. The lowest BCUT2D eigenvalue weighted by Crippen LogP contribution is -2.34. The molecule has 0 unspecified atom stereocenters. The molecule has 0 atom stereocenters. The van der Waals surface area contributed by atoms with Crippen LogP contribution in [-0.2, 0) is 6.42 Å². The first-order chi connectivity index (χ1) is 7.54. The molecule has 0 aliphatic carbocycles. The summed E-state index contributed by atoms with van der Waals surface area (Å²) in [5, 5.41) is 0. The molecule has 2 heterocycles. The van der Waals surface area contributed by atoms with Crippen molar-refractivity contribution < 1.29 is 0 Å². The summed E-state index contributed by atoms with van der Waals surface area (Å²) in [6, 6.07) is 5.80. The Morgan fingerprint density at radius 1 is 1.31 bits per heavy atom. The highest BCUT2D eigenvalue weighted by molar-refractivity contribution is 5.52. The minimum absolute atomic E-state index is 0.251. The zero-order chi connectivity index (χ0) is 11.6. The number of hydrogen-bond donors (Lipinski definition) is 2. The smallest absolute Gasteiger partial charge is 0.108 e. The molecule has 0 bridgehead atoms. The van der Waals surface area contributed by atoms with Crippen LogP contribution in [0.3, 0.4) is 0 Å². The molecule has 0 spiro atoms. The molecular weight excluding hydrogens is 200 g/mol. The molecule has 4 heteroatoms.